The van der Waals surface area contributed by atoms with E-state index in [2.05, 4.69) is 21.3 Å². The first-order valence-corrected chi connectivity index (χ1v) is 10.3. The van der Waals surface area contributed by atoms with Crippen LogP contribution in [0.4, 0.5) is 5.82 Å². The van der Waals surface area contributed by atoms with Gasteiger partial charge in [-0.05, 0) is 36.8 Å². The number of ether oxygens (including phenoxy) is 1. The molecule has 2 aromatic heterocycles. The zero-order chi connectivity index (χ0) is 20.4. The number of anilines is 1. The van der Waals surface area contributed by atoms with Gasteiger partial charge in [0.2, 0.25) is 0 Å². The second kappa shape index (κ2) is 8.51. The Morgan fingerprint density at radius 2 is 1.97 bits per heavy atom. The molecular formula is C21H29N5O3. The second-order valence-corrected chi connectivity index (χ2v) is 8.05. The third kappa shape index (κ3) is 4.13. The molecular weight excluding hydrogens is 370 g/mol. The molecule has 0 amide bonds. The van der Waals surface area contributed by atoms with E-state index in [4.69, 9.17) is 4.74 Å². The maximum absolute atomic E-state index is 12.3. The van der Waals surface area contributed by atoms with Crippen LogP contribution in [0.5, 0.6) is 0 Å². The zero-order valence-corrected chi connectivity index (χ0v) is 17.1. The maximum atomic E-state index is 12.3. The van der Waals surface area contributed by atoms with E-state index in [1.54, 1.807) is 23.9 Å². The smallest absolute Gasteiger partial charge is 0.332 e. The third-order valence-corrected chi connectivity index (χ3v) is 6.21. The van der Waals surface area contributed by atoms with Crippen molar-refractivity contribution in [1.82, 2.24) is 19.4 Å². The number of rotatable bonds is 5. The van der Waals surface area contributed by atoms with Crippen molar-refractivity contribution in [2.24, 2.45) is 20.0 Å². The summed E-state index contributed by atoms with van der Waals surface area (Å²) in [5.41, 5.74) is 0.646. The first-order valence-electron chi connectivity index (χ1n) is 10.3. The molecule has 2 fully saturated rings. The van der Waals surface area contributed by atoms with Gasteiger partial charge < -0.3 is 15.0 Å². The molecule has 156 valence electrons. The van der Waals surface area contributed by atoms with Gasteiger partial charge in [0.15, 0.2) is 0 Å². The lowest BCUT2D eigenvalue weighted by Crippen LogP contribution is -2.42. The summed E-state index contributed by atoms with van der Waals surface area (Å²) in [6.45, 7) is 3.18. The summed E-state index contributed by atoms with van der Waals surface area (Å²) in [6.07, 6.45) is 6.78. The quantitative estimate of drug-likeness (QED) is 0.802. The first kappa shape index (κ1) is 19.8. The van der Waals surface area contributed by atoms with E-state index in [0.29, 0.717) is 11.7 Å². The fraction of sp³-hybridized carbons (Fsp3) is 0.571. The van der Waals surface area contributed by atoms with E-state index in [0.717, 1.165) is 50.1 Å². The molecule has 4 heterocycles. The maximum Gasteiger partial charge on any atom is 0.332 e. The molecule has 2 atom stereocenters. The Bertz CT molecular complexity index is 949. The summed E-state index contributed by atoms with van der Waals surface area (Å²) in [5, 5.41) is 3.85. The highest BCUT2D eigenvalue weighted by atomic mass is 16.5. The van der Waals surface area contributed by atoms with Gasteiger partial charge in [-0.15, -0.1) is 0 Å². The van der Waals surface area contributed by atoms with Crippen LogP contribution in [0.15, 0.2) is 40.2 Å². The molecule has 0 aromatic carbocycles. The molecule has 0 saturated carbocycles. The lowest BCUT2D eigenvalue weighted by molar-refractivity contribution is 0.0521. The highest BCUT2D eigenvalue weighted by Crippen LogP contribution is 2.31. The van der Waals surface area contributed by atoms with Crippen LogP contribution in [0.3, 0.4) is 0 Å². The molecule has 8 nitrogen and oxygen atoms in total. The minimum atomic E-state index is -0.292. The summed E-state index contributed by atoms with van der Waals surface area (Å²) in [6, 6.07) is 6.19. The van der Waals surface area contributed by atoms with Gasteiger partial charge in [0.25, 0.3) is 5.56 Å². The van der Waals surface area contributed by atoms with Gasteiger partial charge >= 0.3 is 5.69 Å². The molecule has 0 bridgehead atoms. The first-order chi connectivity index (χ1) is 14.0. The normalized spacial score (nSPS) is 21.4. The van der Waals surface area contributed by atoms with Gasteiger partial charge in [-0.1, -0.05) is 6.07 Å². The molecule has 1 unspecified atom stereocenters. The predicted molar refractivity (Wildman–Crippen MR) is 111 cm³/mol. The molecule has 1 N–H and O–H groups in total. The van der Waals surface area contributed by atoms with E-state index in [9.17, 15) is 9.59 Å². The molecule has 29 heavy (non-hydrogen) atoms. The van der Waals surface area contributed by atoms with Crippen LogP contribution in [-0.2, 0) is 18.8 Å². The van der Waals surface area contributed by atoms with Crippen LogP contribution in [-0.4, -0.2) is 46.5 Å². The highest BCUT2D eigenvalue weighted by Gasteiger charge is 2.31. The number of aromatic nitrogens is 3. The Morgan fingerprint density at radius 1 is 1.17 bits per heavy atom. The van der Waals surface area contributed by atoms with E-state index in [1.807, 2.05) is 12.3 Å². The molecule has 2 aromatic rings. The van der Waals surface area contributed by atoms with Crippen molar-refractivity contribution in [2.45, 2.75) is 31.3 Å². The second-order valence-electron chi connectivity index (χ2n) is 8.05. The van der Waals surface area contributed by atoms with Crippen LogP contribution in [0.1, 0.15) is 30.9 Å². The van der Waals surface area contributed by atoms with Gasteiger partial charge in [0.1, 0.15) is 5.82 Å². The molecule has 0 aliphatic carbocycles. The Balaban J connectivity index is 1.52. The van der Waals surface area contributed by atoms with E-state index < -0.39 is 0 Å². The van der Waals surface area contributed by atoms with E-state index >= 15 is 0 Å². The van der Waals surface area contributed by atoms with Crippen LogP contribution in [0.25, 0.3) is 0 Å². The Morgan fingerprint density at radius 3 is 2.69 bits per heavy atom. The average Bonchev–Trinajstić information content (AvgIpc) is 3.23. The Kier molecular flexibility index (Phi) is 5.82. The molecule has 0 radical (unpaired) electrons. The number of nitrogens with one attached hydrogen (secondary N) is 1. The summed E-state index contributed by atoms with van der Waals surface area (Å²) in [7, 11) is 3.23. The summed E-state index contributed by atoms with van der Waals surface area (Å²) in [4.78, 5) is 30.8. The van der Waals surface area contributed by atoms with Gasteiger partial charge in [-0.2, -0.15) is 0 Å². The van der Waals surface area contributed by atoms with Gasteiger partial charge in [0, 0.05) is 70.9 Å². The number of pyridine rings is 1. The summed E-state index contributed by atoms with van der Waals surface area (Å²) >= 11 is 0. The van der Waals surface area contributed by atoms with Gasteiger partial charge in [0.05, 0.1) is 0 Å². The lowest BCUT2D eigenvalue weighted by atomic mass is 9.87. The van der Waals surface area contributed by atoms with E-state index in [1.165, 1.54) is 12.6 Å². The largest absolute Gasteiger partial charge is 0.381 e. The van der Waals surface area contributed by atoms with Crippen molar-refractivity contribution in [1.29, 1.82) is 0 Å². The summed E-state index contributed by atoms with van der Waals surface area (Å²) in [5.74, 6) is 1.20. The average molecular weight is 399 g/mol. The standard InChI is InChI=1S/C21H29N5O3/c1-24-18(12-19(27)25(2)21(24)28)26-9-5-17(14-26)23-20(15-6-10-29-11-7-15)16-4-3-8-22-13-16/h3-4,8,12-13,15,17,20,23H,5-7,9-11,14H2,1-2H3/t17-,20?/m0/s1. The van der Waals surface area contributed by atoms with Crippen LogP contribution >= 0.6 is 0 Å². The van der Waals surface area contributed by atoms with Crippen molar-refractivity contribution < 1.29 is 4.74 Å². The lowest BCUT2D eigenvalue weighted by Gasteiger charge is -2.33. The fourth-order valence-electron chi connectivity index (χ4n) is 4.50. The minimum absolute atomic E-state index is 0.227. The molecule has 0 spiro atoms. The van der Waals surface area contributed by atoms with Crippen molar-refractivity contribution in [3.05, 3.63) is 57.0 Å². The van der Waals surface area contributed by atoms with Crippen molar-refractivity contribution in [3.8, 4) is 0 Å². The molecule has 8 heteroatoms. The van der Waals surface area contributed by atoms with Crippen LogP contribution < -0.4 is 21.5 Å². The Hall–Kier alpha value is -2.45. The van der Waals surface area contributed by atoms with Crippen molar-refractivity contribution >= 4 is 5.82 Å². The molecule has 2 aliphatic rings. The fourth-order valence-corrected chi connectivity index (χ4v) is 4.50. The number of hydrogen-bond donors (Lipinski definition) is 1. The molecule has 2 aliphatic heterocycles. The van der Waals surface area contributed by atoms with Gasteiger partial charge in [-0.3, -0.25) is 18.9 Å². The third-order valence-electron chi connectivity index (χ3n) is 6.21. The number of nitrogens with zero attached hydrogens (tertiary/aromatic N) is 4. The van der Waals surface area contributed by atoms with Gasteiger partial charge in [-0.25, -0.2) is 4.79 Å². The Labute approximate surface area is 170 Å². The van der Waals surface area contributed by atoms with Crippen LogP contribution in [0, 0.1) is 5.92 Å². The zero-order valence-electron chi connectivity index (χ0n) is 17.1. The number of hydrogen-bond acceptors (Lipinski definition) is 6. The monoisotopic (exact) mass is 399 g/mol. The van der Waals surface area contributed by atoms with Crippen molar-refractivity contribution in [3.63, 3.8) is 0 Å². The topological polar surface area (TPSA) is 81.4 Å². The minimum Gasteiger partial charge on any atom is -0.381 e. The summed E-state index contributed by atoms with van der Waals surface area (Å²) < 4.78 is 8.25. The molecule has 2 saturated heterocycles. The predicted octanol–water partition coefficient (Wildman–Crippen LogP) is 0.815. The van der Waals surface area contributed by atoms with Crippen molar-refractivity contribution in [2.75, 3.05) is 31.2 Å². The van der Waals surface area contributed by atoms with Crippen LogP contribution in [0.2, 0.25) is 0 Å². The van der Waals surface area contributed by atoms with E-state index in [-0.39, 0.29) is 23.3 Å². The molecule has 4 rings (SSSR count). The SMILES string of the molecule is Cn1c(N2CC[C@H](NC(c3cccnc3)C3CCOCC3)C2)cc(=O)n(C)c1=O. The highest BCUT2D eigenvalue weighted by molar-refractivity contribution is 5.40.